The molecule has 17 heavy (non-hydrogen) atoms. The molecule has 2 heterocycles. The molecular formula is C12H12N4O. The Morgan fingerprint density at radius 1 is 1.59 bits per heavy atom. The Morgan fingerprint density at radius 2 is 2.41 bits per heavy atom. The van der Waals surface area contributed by atoms with Crippen molar-refractivity contribution in [1.82, 2.24) is 4.98 Å². The molecule has 0 aromatic carbocycles. The van der Waals surface area contributed by atoms with Gasteiger partial charge in [0.15, 0.2) is 0 Å². The van der Waals surface area contributed by atoms with Gasteiger partial charge in [0.05, 0.1) is 29.8 Å². The number of nitrogen functional groups attached to an aromatic ring is 1. The third-order valence-electron chi connectivity index (χ3n) is 2.35. The molecular weight excluding hydrogens is 216 g/mol. The van der Waals surface area contributed by atoms with Crippen molar-refractivity contribution in [2.75, 3.05) is 11.1 Å². The maximum absolute atomic E-state index is 8.98. The van der Waals surface area contributed by atoms with Gasteiger partial charge < -0.3 is 15.5 Å². The van der Waals surface area contributed by atoms with Crippen LogP contribution in [0.25, 0.3) is 0 Å². The molecule has 5 heteroatoms. The van der Waals surface area contributed by atoms with Crippen molar-refractivity contribution in [2.45, 2.75) is 13.0 Å². The quantitative estimate of drug-likeness (QED) is 0.841. The molecule has 0 radical (unpaired) electrons. The van der Waals surface area contributed by atoms with E-state index in [1.54, 1.807) is 12.3 Å². The van der Waals surface area contributed by atoms with E-state index in [4.69, 9.17) is 15.4 Å². The molecule has 1 unspecified atom stereocenters. The molecule has 0 saturated carbocycles. The number of rotatable bonds is 3. The highest BCUT2D eigenvalue weighted by Crippen LogP contribution is 2.21. The lowest BCUT2D eigenvalue weighted by Crippen LogP contribution is -2.08. The summed E-state index contributed by atoms with van der Waals surface area (Å²) in [5.74, 6) is 1.29. The molecule has 0 saturated heterocycles. The van der Waals surface area contributed by atoms with Crippen LogP contribution in [0.5, 0.6) is 0 Å². The summed E-state index contributed by atoms with van der Waals surface area (Å²) >= 11 is 0. The van der Waals surface area contributed by atoms with Gasteiger partial charge in [0.25, 0.3) is 0 Å². The first kappa shape index (κ1) is 11.0. The van der Waals surface area contributed by atoms with Crippen LogP contribution in [0.1, 0.15) is 24.3 Å². The van der Waals surface area contributed by atoms with Crippen LogP contribution in [0.15, 0.2) is 35.1 Å². The number of anilines is 2. The number of hydrogen-bond acceptors (Lipinski definition) is 5. The molecule has 2 aromatic heterocycles. The van der Waals surface area contributed by atoms with E-state index >= 15 is 0 Å². The summed E-state index contributed by atoms with van der Waals surface area (Å²) in [5, 5.41) is 12.1. The molecule has 5 nitrogen and oxygen atoms in total. The second kappa shape index (κ2) is 4.58. The van der Waals surface area contributed by atoms with Crippen LogP contribution < -0.4 is 11.1 Å². The Morgan fingerprint density at radius 3 is 3.06 bits per heavy atom. The van der Waals surface area contributed by atoms with Gasteiger partial charge in [-0.1, -0.05) is 0 Å². The Kier molecular flexibility index (Phi) is 2.97. The zero-order valence-electron chi connectivity index (χ0n) is 9.34. The number of hydrogen-bond donors (Lipinski definition) is 2. The molecule has 1 atom stereocenters. The van der Waals surface area contributed by atoms with E-state index in [0.717, 1.165) is 5.76 Å². The molecule has 0 aliphatic carbocycles. The van der Waals surface area contributed by atoms with E-state index in [1.165, 1.54) is 6.20 Å². The normalized spacial score (nSPS) is 11.8. The number of nitriles is 1. The average molecular weight is 228 g/mol. The highest BCUT2D eigenvalue weighted by Gasteiger charge is 2.11. The number of nitrogens with one attached hydrogen (secondary N) is 1. The molecule has 0 spiro atoms. The van der Waals surface area contributed by atoms with E-state index in [9.17, 15) is 0 Å². The van der Waals surface area contributed by atoms with Crippen LogP contribution >= 0.6 is 0 Å². The topological polar surface area (TPSA) is 87.9 Å². The average Bonchev–Trinajstić information content (AvgIpc) is 2.85. The number of pyridine rings is 1. The van der Waals surface area contributed by atoms with Gasteiger partial charge in [0.1, 0.15) is 17.6 Å². The number of aromatic nitrogens is 1. The first-order valence-electron chi connectivity index (χ1n) is 5.16. The lowest BCUT2D eigenvalue weighted by Gasteiger charge is -2.13. The van der Waals surface area contributed by atoms with Crippen molar-refractivity contribution in [2.24, 2.45) is 0 Å². The van der Waals surface area contributed by atoms with E-state index in [-0.39, 0.29) is 6.04 Å². The van der Waals surface area contributed by atoms with Crippen molar-refractivity contribution >= 4 is 11.5 Å². The Hall–Kier alpha value is -2.48. The van der Waals surface area contributed by atoms with Crippen molar-refractivity contribution in [3.05, 3.63) is 42.0 Å². The first-order valence-corrected chi connectivity index (χ1v) is 5.16. The zero-order valence-corrected chi connectivity index (χ0v) is 9.34. The Labute approximate surface area is 98.9 Å². The maximum atomic E-state index is 8.98. The van der Waals surface area contributed by atoms with Gasteiger partial charge >= 0.3 is 0 Å². The minimum atomic E-state index is -0.0618. The highest BCUT2D eigenvalue weighted by molar-refractivity contribution is 5.57. The molecule has 3 N–H and O–H groups in total. The highest BCUT2D eigenvalue weighted by atomic mass is 16.3. The first-order chi connectivity index (χ1) is 8.20. The summed E-state index contributed by atoms with van der Waals surface area (Å²) in [6, 6.07) is 7.25. The largest absolute Gasteiger partial charge is 0.467 e. The maximum Gasteiger partial charge on any atom is 0.144 e. The Bertz CT molecular complexity index is 542. The van der Waals surface area contributed by atoms with E-state index in [2.05, 4.69) is 16.4 Å². The fourth-order valence-electron chi connectivity index (χ4n) is 1.50. The van der Waals surface area contributed by atoms with Crippen molar-refractivity contribution < 1.29 is 4.42 Å². The van der Waals surface area contributed by atoms with Crippen molar-refractivity contribution in [3.63, 3.8) is 0 Å². The smallest absolute Gasteiger partial charge is 0.144 e. The second-order valence-electron chi connectivity index (χ2n) is 3.66. The van der Waals surface area contributed by atoms with Crippen molar-refractivity contribution in [1.29, 1.82) is 5.26 Å². The summed E-state index contributed by atoms with van der Waals surface area (Å²) in [4.78, 5) is 4.10. The van der Waals surface area contributed by atoms with Gasteiger partial charge in [-0.2, -0.15) is 5.26 Å². The van der Waals surface area contributed by atoms with Gasteiger partial charge in [0, 0.05) is 0 Å². The zero-order chi connectivity index (χ0) is 12.3. The van der Waals surface area contributed by atoms with Gasteiger partial charge in [-0.25, -0.2) is 4.98 Å². The van der Waals surface area contributed by atoms with E-state index in [0.29, 0.717) is 17.1 Å². The number of nitrogens with zero attached hydrogens (tertiary/aromatic N) is 2. The minimum Gasteiger partial charge on any atom is -0.467 e. The van der Waals surface area contributed by atoms with Crippen LogP contribution in [0, 0.1) is 11.3 Å². The van der Waals surface area contributed by atoms with Crippen LogP contribution in [-0.2, 0) is 0 Å². The standard InChI is InChI=1S/C12H12N4O/c1-8(11-3-2-4-17-11)16-12-9(6-13)5-10(14)7-15-12/h2-5,7-8H,14H2,1H3,(H,15,16). The van der Waals surface area contributed by atoms with Crippen LogP contribution in [0.3, 0.4) is 0 Å². The third-order valence-corrected chi connectivity index (χ3v) is 2.35. The molecule has 0 aliphatic rings. The Balaban J connectivity index is 2.22. The molecule has 2 aromatic rings. The molecule has 86 valence electrons. The van der Waals surface area contributed by atoms with E-state index < -0.39 is 0 Å². The number of nitrogens with two attached hydrogens (primary N) is 1. The third kappa shape index (κ3) is 2.37. The molecule has 0 amide bonds. The predicted octanol–water partition coefficient (Wildman–Crippen LogP) is 2.30. The van der Waals surface area contributed by atoms with E-state index in [1.807, 2.05) is 19.1 Å². The molecule has 0 fully saturated rings. The molecule has 0 aliphatic heterocycles. The van der Waals surface area contributed by atoms with Gasteiger partial charge in [0.2, 0.25) is 0 Å². The lowest BCUT2D eigenvalue weighted by atomic mass is 10.2. The second-order valence-corrected chi connectivity index (χ2v) is 3.66. The summed E-state index contributed by atoms with van der Waals surface area (Å²) in [6.07, 6.45) is 3.12. The monoisotopic (exact) mass is 228 g/mol. The lowest BCUT2D eigenvalue weighted by molar-refractivity contribution is 0.490. The summed E-state index contributed by atoms with van der Waals surface area (Å²) < 4.78 is 5.27. The summed E-state index contributed by atoms with van der Waals surface area (Å²) in [6.45, 7) is 1.93. The SMILES string of the molecule is CC(Nc1ncc(N)cc1C#N)c1ccco1. The van der Waals surface area contributed by atoms with Gasteiger partial charge in [-0.15, -0.1) is 0 Å². The van der Waals surface area contributed by atoms with Crippen LogP contribution in [0.2, 0.25) is 0 Å². The fraction of sp³-hybridized carbons (Fsp3) is 0.167. The minimum absolute atomic E-state index is 0.0618. The van der Waals surface area contributed by atoms with Gasteiger partial charge in [-0.05, 0) is 25.1 Å². The molecule has 0 bridgehead atoms. The summed E-state index contributed by atoms with van der Waals surface area (Å²) in [7, 11) is 0. The van der Waals surface area contributed by atoms with Crippen LogP contribution in [0.4, 0.5) is 11.5 Å². The predicted molar refractivity (Wildman–Crippen MR) is 64.1 cm³/mol. The van der Waals surface area contributed by atoms with Gasteiger partial charge in [-0.3, -0.25) is 0 Å². The van der Waals surface area contributed by atoms with Crippen LogP contribution in [-0.4, -0.2) is 4.98 Å². The fourth-order valence-corrected chi connectivity index (χ4v) is 1.50. The molecule has 2 rings (SSSR count). The summed E-state index contributed by atoms with van der Waals surface area (Å²) in [5.41, 5.74) is 6.46. The van der Waals surface area contributed by atoms with Crippen molar-refractivity contribution in [3.8, 4) is 6.07 Å². The number of furan rings is 1.